The van der Waals surface area contributed by atoms with Crippen LogP contribution in [-0.4, -0.2) is 38.0 Å². The summed E-state index contributed by atoms with van der Waals surface area (Å²) >= 11 is 0. The molecule has 96 valence electrons. The first-order valence-corrected chi connectivity index (χ1v) is 6.53. The summed E-state index contributed by atoms with van der Waals surface area (Å²) < 4.78 is 0. The molecule has 0 aromatic heterocycles. The van der Waals surface area contributed by atoms with E-state index in [0.29, 0.717) is 13.1 Å². The Morgan fingerprint density at radius 1 is 0.882 bits per heavy atom. The molecule has 0 aromatic rings. The fraction of sp³-hybridized carbons (Fsp3) is 0.833. The Balaban J connectivity index is 1.54. The zero-order chi connectivity index (χ0) is 12.1. The molecule has 3 N–H and O–H groups in total. The van der Waals surface area contributed by atoms with Gasteiger partial charge < -0.3 is 16.0 Å². The summed E-state index contributed by atoms with van der Waals surface area (Å²) in [6, 6.07) is 0. The van der Waals surface area contributed by atoms with Crippen LogP contribution >= 0.6 is 0 Å². The first kappa shape index (κ1) is 12.4. The van der Waals surface area contributed by atoms with Crippen LogP contribution in [0.2, 0.25) is 0 Å². The highest BCUT2D eigenvalue weighted by molar-refractivity contribution is 5.81. The van der Waals surface area contributed by atoms with E-state index in [4.69, 9.17) is 0 Å². The van der Waals surface area contributed by atoms with E-state index in [-0.39, 0.29) is 23.7 Å². The van der Waals surface area contributed by atoms with Crippen LogP contribution in [0.5, 0.6) is 0 Å². The third-order valence-electron chi connectivity index (χ3n) is 3.38. The zero-order valence-electron chi connectivity index (χ0n) is 10.1. The van der Waals surface area contributed by atoms with Crippen molar-refractivity contribution in [3.63, 3.8) is 0 Å². The fourth-order valence-electron chi connectivity index (χ4n) is 2.09. The normalized spacial score (nSPS) is 20.9. The van der Waals surface area contributed by atoms with Gasteiger partial charge in [-0.1, -0.05) is 0 Å². The van der Waals surface area contributed by atoms with Gasteiger partial charge >= 0.3 is 0 Å². The summed E-state index contributed by atoms with van der Waals surface area (Å²) in [7, 11) is 0. The second kappa shape index (κ2) is 6.00. The lowest BCUT2D eigenvalue weighted by molar-refractivity contribution is -0.126. The van der Waals surface area contributed by atoms with Crippen LogP contribution in [0, 0.1) is 11.8 Å². The van der Waals surface area contributed by atoms with Crippen LogP contribution in [0.3, 0.4) is 0 Å². The number of carbonyl (C=O) groups excluding carboxylic acids is 2. The molecule has 17 heavy (non-hydrogen) atoms. The van der Waals surface area contributed by atoms with Gasteiger partial charge in [0.25, 0.3) is 0 Å². The van der Waals surface area contributed by atoms with Crippen molar-refractivity contribution in [1.82, 2.24) is 16.0 Å². The number of piperidine rings is 1. The molecule has 0 atom stereocenters. The molecule has 2 amide bonds. The smallest absolute Gasteiger partial charge is 0.223 e. The first-order chi connectivity index (χ1) is 8.27. The van der Waals surface area contributed by atoms with E-state index < -0.39 is 0 Å². The van der Waals surface area contributed by atoms with Crippen molar-refractivity contribution in [3.05, 3.63) is 0 Å². The number of nitrogens with one attached hydrogen (secondary N) is 3. The SMILES string of the molecule is O=C(NCCNC(=O)C1CC1)C1CCNCC1. The molecule has 5 heteroatoms. The van der Waals surface area contributed by atoms with Crippen molar-refractivity contribution in [3.8, 4) is 0 Å². The Morgan fingerprint density at radius 3 is 1.82 bits per heavy atom. The highest BCUT2D eigenvalue weighted by atomic mass is 16.2. The Morgan fingerprint density at radius 2 is 1.35 bits per heavy atom. The van der Waals surface area contributed by atoms with Gasteiger partial charge in [0.1, 0.15) is 0 Å². The lowest BCUT2D eigenvalue weighted by Gasteiger charge is -2.21. The minimum atomic E-state index is 0.132. The lowest BCUT2D eigenvalue weighted by atomic mass is 9.97. The predicted octanol–water partition coefficient (Wildman–Crippen LogP) is -0.372. The van der Waals surface area contributed by atoms with Gasteiger partial charge in [0.2, 0.25) is 11.8 Å². The summed E-state index contributed by atoms with van der Waals surface area (Å²) in [5.41, 5.74) is 0. The van der Waals surface area contributed by atoms with Gasteiger partial charge in [-0.25, -0.2) is 0 Å². The minimum Gasteiger partial charge on any atom is -0.354 e. The van der Waals surface area contributed by atoms with Gasteiger partial charge in [0.15, 0.2) is 0 Å². The maximum absolute atomic E-state index is 11.7. The van der Waals surface area contributed by atoms with E-state index in [9.17, 15) is 9.59 Å². The Hall–Kier alpha value is -1.10. The van der Waals surface area contributed by atoms with E-state index in [1.807, 2.05) is 0 Å². The van der Waals surface area contributed by atoms with Crippen molar-refractivity contribution < 1.29 is 9.59 Å². The van der Waals surface area contributed by atoms with Crippen molar-refractivity contribution in [2.45, 2.75) is 25.7 Å². The van der Waals surface area contributed by atoms with Gasteiger partial charge in [-0.05, 0) is 38.8 Å². The van der Waals surface area contributed by atoms with E-state index in [1.165, 1.54) is 0 Å². The van der Waals surface area contributed by atoms with Crippen LogP contribution in [-0.2, 0) is 9.59 Å². The third-order valence-corrected chi connectivity index (χ3v) is 3.38. The molecular formula is C12H21N3O2. The van der Waals surface area contributed by atoms with Crippen LogP contribution in [0.15, 0.2) is 0 Å². The van der Waals surface area contributed by atoms with E-state index in [1.54, 1.807) is 0 Å². The molecule has 1 aliphatic carbocycles. The van der Waals surface area contributed by atoms with Crippen molar-refractivity contribution in [2.75, 3.05) is 26.2 Å². The number of amides is 2. The van der Waals surface area contributed by atoms with Gasteiger partial charge in [0, 0.05) is 24.9 Å². The molecule has 2 fully saturated rings. The monoisotopic (exact) mass is 239 g/mol. The van der Waals surface area contributed by atoms with Gasteiger partial charge in [-0.15, -0.1) is 0 Å². The molecule has 0 unspecified atom stereocenters. The van der Waals surface area contributed by atoms with Crippen molar-refractivity contribution in [2.24, 2.45) is 11.8 Å². The third kappa shape index (κ3) is 4.00. The molecule has 1 saturated heterocycles. The highest BCUT2D eigenvalue weighted by Crippen LogP contribution is 2.28. The molecule has 0 aromatic carbocycles. The van der Waals surface area contributed by atoms with Gasteiger partial charge in [-0.3, -0.25) is 9.59 Å². The largest absolute Gasteiger partial charge is 0.354 e. The fourth-order valence-corrected chi connectivity index (χ4v) is 2.09. The van der Waals surface area contributed by atoms with E-state index in [0.717, 1.165) is 38.8 Å². The summed E-state index contributed by atoms with van der Waals surface area (Å²) in [5, 5.41) is 8.96. The lowest BCUT2D eigenvalue weighted by Crippen LogP contribution is -2.41. The molecule has 0 spiro atoms. The average Bonchev–Trinajstić information content (AvgIpc) is 3.19. The summed E-state index contributed by atoms with van der Waals surface area (Å²) in [6.45, 7) is 2.94. The molecule has 2 rings (SSSR count). The summed E-state index contributed by atoms with van der Waals surface area (Å²) in [5.74, 6) is 0.666. The van der Waals surface area contributed by atoms with Crippen molar-refractivity contribution >= 4 is 11.8 Å². The number of carbonyl (C=O) groups is 2. The summed E-state index contributed by atoms with van der Waals surface area (Å²) in [4.78, 5) is 23.1. The molecule has 1 heterocycles. The maximum Gasteiger partial charge on any atom is 0.223 e. The van der Waals surface area contributed by atoms with Crippen LogP contribution in [0.1, 0.15) is 25.7 Å². The second-order valence-electron chi connectivity index (χ2n) is 4.88. The molecule has 5 nitrogen and oxygen atoms in total. The number of hydrogen-bond donors (Lipinski definition) is 3. The quantitative estimate of drug-likeness (QED) is 0.573. The first-order valence-electron chi connectivity index (χ1n) is 6.53. The molecule has 0 bridgehead atoms. The molecule has 1 saturated carbocycles. The molecular weight excluding hydrogens is 218 g/mol. The molecule has 0 radical (unpaired) electrons. The van der Waals surface area contributed by atoms with Crippen LogP contribution < -0.4 is 16.0 Å². The molecule has 2 aliphatic rings. The Labute approximate surface area is 102 Å². The van der Waals surface area contributed by atoms with Gasteiger partial charge in [-0.2, -0.15) is 0 Å². The van der Waals surface area contributed by atoms with Crippen LogP contribution in [0.4, 0.5) is 0 Å². The van der Waals surface area contributed by atoms with E-state index >= 15 is 0 Å². The zero-order valence-corrected chi connectivity index (χ0v) is 10.1. The average molecular weight is 239 g/mol. The maximum atomic E-state index is 11.7. The number of hydrogen-bond acceptors (Lipinski definition) is 3. The number of rotatable bonds is 5. The van der Waals surface area contributed by atoms with Gasteiger partial charge in [0.05, 0.1) is 0 Å². The highest BCUT2D eigenvalue weighted by Gasteiger charge is 2.29. The predicted molar refractivity (Wildman–Crippen MR) is 64.3 cm³/mol. The van der Waals surface area contributed by atoms with Crippen LogP contribution in [0.25, 0.3) is 0 Å². The van der Waals surface area contributed by atoms with E-state index in [2.05, 4.69) is 16.0 Å². The Kier molecular flexibility index (Phi) is 4.36. The Bertz CT molecular complexity index is 283. The van der Waals surface area contributed by atoms with Crippen molar-refractivity contribution in [1.29, 1.82) is 0 Å². The minimum absolute atomic E-state index is 0.132. The second-order valence-corrected chi connectivity index (χ2v) is 4.88. The standard InChI is InChI=1S/C12H21N3O2/c16-11(9-1-2-9)14-7-8-15-12(17)10-3-5-13-6-4-10/h9-10,13H,1-8H2,(H,14,16)(H,15,17). The molecule has 1 aliphatic heterocycles. The topological polar surface area (TPSA) is 70.2 Å². The summed E-state index contributed by atoms with van der Waals surface area (Å²) in [6.07, 6.45) is 3.88.